The molecule has 43 heavy (non-hydrogen) atoms. The van der Waals surface area contributed by atoms with E-state index in [-0.39, 0.29) is 0 Å². The van der Waals surface area contributed by atoms with Crippen LogP contribution < -0.4 is 15.4 Å². The summed E-state index contributed by atoms with van der Waals surface area (Å²) >= 11 is 1.48. The van der Waals surface area contributed by atoms with Gasteiger partial charge < -0.3 is 15.4 Å². The average molecular weight is 602 g/mol. The summed E-state index contributed by atoms with van der Waals surface area (Å²) < 4.78 is 13.7. The third kappa shape index (κ3) is 7.76. The Morgan fingerprint density at radius 3 is 2.74 bits per heavy atom. The SMILES string of the molecule is CCn1cc(-c2cnc3c(Nc4cc(CN5CCCC(C)C5)ns4)nc(C)cn23)cn1.COc1ccc(CNC=O)cc1. The molecule has 226 valence electrons. The number of ether oxygens (including phenoxy) is 1. The van der Waals surface area contributed by atoms with Crippen molar-refractivity contribution in [1.82, 2.24) is 38.7 Å². The minimum absolute atomic E-state index is 0.563. The summed E-state index contributed by atoms with van der Waals surface area (Å²) in [6.07, 6.45) is 11.1. The molecule has 0 aliphatic carbocycles. The molecule has 1 aliphatic rings. The van der Waals surface area contributed by atoms with Crippen molar-refractivity contribution in [3.05, 3.63) is 72.1 Å². The molecule has 0 radical (unpaired) electrons. The fourth-order valence-corrected chi connectivity index (χ4v) is 5.86. The zero-order chi connectivity index (χ0) is 30.2. The van der Waals surface area contributed by atoms with Gasteiger partial charge in [0.1, 0.15) is 10.8 Å². The zero-order valence-corrected chi connectivity index (χ0v) is 26.0. The van der Waals surface area contributed by atoms with Crippen molar-refractivity contribution >= 4 is 34.4 Å². The van der Waals surface area contributed by atoms with E-state index in [1.165, 1.54) is 24.4 Å². The molecule has 1 aromatic carbocycles. The number of nitrogens with one attached hydrogen (secondary N) is 2. The fraction of sp³-hybridized carbons (Fsp3) is 0.387. The first kappa shape index (κ1) is 30.2. The number of imidazole rings is 1. The van der Waals surface area contributed by atoms with Crippen LogP contribution in [-0.4, -0.2) is 60.0 Å². The number of methoxy groups -OCH3 is 1. The molecule has 1 aliphatic heterocycles. The van der Waals surface area contributed by atoms with Gasteiger partial charge in [-0.25, -0.2) is 9.97 Å². The Morgan fingerprint density at radius 1 is 1.19 bits per heavy atom. The lowest BCUT2D eigenvalue weighted by Crippen LogP contribution is -2.33. The predicted octanol–water partition coefficient (Wildman–Crippen LogP) is 5.29. The number of piperidine rings is 1. The largest absolute Gasteiger partial charge is 0.497 e. The number of carbonyl (C=O) groups excluding carboxylic acids is 1. The van der Waals surface area contributed by atoms with Crippen molar-refractivity contribution in [3.8, 4) is 17.0 Å². The number of likely N-dealkylation sites (tertiary alicyclic amines) is 1. The number of amides is 1. The van der Waals surface area contributed by atoms with Gasteiger partial charge in [-0.05, 0) is 74.4 Å². The Hall–Kier alpha value is -4.29. The van der Waals surface area contributed by atoms with Crippen LogP contribution in [0.25, 0.3) is 16.9 Å². The number of aromatic nitrogens is 6. The molecule has 12 heteroatoms. The van der Waals surface area contributed by atoms with Crippen molar-refractivity contribution in [2.75, 3.05) is 25.5 Å². The minimum Gasteiger partial charge on any atom is -0.497 e. The molecule has 11 nitrogen and oxygen atoms in total. The van der Waals surface area contributed by atoms with E-state index in [4.69, 9.17) is 9.72 Å². The summed E-state index contributed by atoms with van der Waals surface area (Å²) in [5.74, 6) is 2.34. The first-order chi connectivity index (χ1) is 20.9. The van der Waals surface area contributed by atoms with E-state index < -0.39 is 0 Å². The van der Waals surface area contributed by atoms with Crippen LogP contribution in [0.1, 0.15) is 43.6 Å². The lowest BCUT2D eigenvalue weighted by Gasteiger charge is -2.30. The lowest BCUT2D eigenvalue weighted by atomic mass is 10.0. The van der Waals surface area contributed by atoms with Crippen LogP contribution in [0.4, 0.5) is 10.8 Å². The average Bonchev–Trinajstić information content (AvgIpc) is 3.77. The Labute approximate surface area is 256 Å². The maximum atomic E-state index is 9.97. The van der Waals surface area contributed by atoms with E-state index >= 15 is 0 Å². The van der Waals surface area contributed by atoms with Crippen LogP contribution in [0.5, 0.6) is 5.75 Å². The normalized spacial score (nSPS) is 15.1. The number of carbonyl (C=O) groups is 1. The third-order valence-corrected chi connectivity index (χ3v) is 8.08. The monoisotopic (exact) mass is 601 g/mol. The number of hydrogen-bond donors (Lipinski definition) is 2. The maximum Gasteiger partial charge on any atom is 0.207 e. The lowest BCUT2D eigenvalue weighted by molar-refractivity contribution is -0.109. The number of anilines is 2. The summed E-state index contributed by atoms with van der Waals surface area (Å²) in [6.45, 7) is 11.1. The van der Waals surface area contributed by atoms with Crippen LogP contribution in [-0.2, 0) is 24.4 Å². The molecule has 1 atom stereocenters. The topological polar surface area (TPSA) is 114 Å². The van der Waals surface area contributed by atoms with Gasteiger partial charge in [-0.2, -0.15) is 9.47 Å². The van der Waals surface area contributed by atoms with Gasteiger partial charge in [-0.15, -0.1) is 0 Å². The maximum absolute atomic E-state index is 9.97. The van der Waals surface area contributed by atoms with Crippen molar-refractivity contribution in [2.24, 2.45) is 5.92 Å². The van der Waals surface area contributed by atoms with Gasteiger partial charge in [0.15, 0.2) is 11.5 Å². The van der Waals surface area contributed by atoms with Crippen molar-refractivity contribution in [1.29, 1.82) is 0 Å². The highest BCUT2D eigenvalue weighted by Crippen LogP contribution is 2.28. The van der Waals surface area contributed by atoms with Crippen molar-refractivity contribution in [3.63, 3.8) is 0 Å². The molecule has 1 saturated heterocycles. The Morgan fingerprint density at radius 2 is 2.02 bits per heavy atom. The van der Waals surface area contributed by atoms with Gasteiger partial charge in [0.05, 0.1) is 36.6 Å². The Kier molecular flexibility index (Phi) is 10.0. The molecule has 0 spiro atoms. The highest BCUT2D eigenvalue weighted by Gasteiger charge is 2.18. The summed E-state index contributed by atoms with van der Waals surface area (Å²) in [4.78, 5) is 21.8. The van der Waals surface area contributed by atoms with E-state index in [0.29, 0.717) is 13.0 Å². The van der Waals surface area contributed by atoms with Crippen molar-refractivity contribution in [2.45, 2.75) is 53.2 Å². The van der Waals surface area contributed by atoms with Crippen LogP contribution in [0.2, 0.25) is 0 Å². The summed E-state index contributed by atoms with van der Waals surface area (Å²) in [5.41, 5.74) is 5.94. The van der Waals surface area contributed by atoms with Crippen molar-refractivity contribution < 1.29 is 9.53 Å². The van der Waals surface area contributed by atoms with E-state index in [1.807, 2.05) is 60.7 Å². The second-order valence-electron chi connectivity index (χ2n) is 10.8. The standard InChI is InChI=1S/C22H28N8S.C9H11NO2/c1-4-29-13-17(9-24-29)19-10-23-22-21(25-16(3)12-30(19)22)26-20-8-18(27-31-20)14-28-7-5-6-15(2)11-28;1-12-9-4-2-8(3-5-9)6-10-7-11/h8-10,12-13,15H,4-7,11,14H2,1-3H3,(H,25,26);2-5,7H,6H2,1H3,(H,10,11). The second-order valence-corrected chi connectivity index (χ2v) is 11.6. The Bertz CT molecular complexity index is 1630. The van der Waals surface area contributed by atoms with E-state index in [1.54, 1.807) is 7.11 Å². The van der Waals surface area contributed by atoms with E-state index in [2.05, 4.69) is 54.3 Å². The highest BCUT2D eigenvalue weighted by atomic mass is 32.1. The summed E-state index contributed by atoms with van der Waals surface area (Å²) in [5, 5.41) is 11.4. The van der Waals surface area contributed by atoms with Crippen LogP contribution in [0.15, 0.2) is 55.1 Å². The van der Waals surface area contributed by atoms with Gasteiger partial charge >= 0.3 is 0 Å². The Balaban J connectivity index is 0.000000259. The molecule has 2 N–H and O–H groups in total. The molecule has 1 amide bonds. The summed E-state index contributed by atoms with van der Waals surface area (Å²) in [7, 11) is 1.62. The number of fused-ring (bicyclic) bond motifs is 1. The molecule has 5 heterocycles. The predicted molar refractivity (Wildman–Crippen MR) is 170 cm³/mol. The first-order valence-corrected chi connectivity index (χ1v) is 15.4. The van der Waals surface area contributed by atoms with Gasteiger partial charge in [0.25, 0.3) is 0 Å². The first-order valence-electron chi connectivity index (χ1n) is 14.6. The number of benzene rings is 1. The van der Waals surface area contributed by atoms with E-state index in [9.17, 15) is 4.79 Å². The number of hydrogen-bond acceptors (Lipinski definition) is 9. The fourth-order valence-electron chi connectivity index (χ4n) is 5.20. The smallest absolute Gasteiger partial charge is 0.207 e. The second kappa shape index (κ2) is 14.3. The van der Waals surface area contributed by atoms with Crippen LogP contribution >= 0.6 is 11.5 Å². The number of nitrogens with zero attached hydrogens (tertiary/aromatic N) is 7. The molecule has 1 fully saturated rings. The van der Waals surface area contributed by atoms with Gasteiger partial charge in [0, 0.05) is 44.1 Å². The quantitative estimate of drug-likeness (QED) is 0.208. The molecule has 6 rings (SSSR count). The van der Waals surface area contributed by atoms with Crippen LogP contribution in [0.3, 0.4) is 0 Å². The third-order valence-electron chi connectivity index (χ3n) is 7.34. The number of rotatable bonds is 10. The molecular formula is C31H39N9O2S. The van der Waals surface area contributed by atoms with Gasteiger partial charge in [0.2, 0.25) is 6.41 Å². The van der Waals surface area contributed by atoms with Gasteiger partial charge in [-0.3, -0.25) is 18.8 Å². The molecule has 4 aromatic heterocycles. The van der Waals surface area contributed by atoms with E-state index in [0.717, 1.165) is 82.5 Å². The molecule has 0 bridgehead atoms. The molecule has 5 aromatic rings. The minimum atomic E-state index is 0.563. The number of aryl methyl sites for hydroxylation is 2. The highest BCUT2D eigenvalue weighted by molar-refractivity contribution is 7.10. The summed E-state index contributed by atoms with van der Waals surface area (Å²) in [6, 6.07) is 9.69. The zero-order valence-electron chi connectivity index (χ0n) is 25.2. The molecular weight excluding hydrogens is 562 g/mol. The van der Waals surface area contributed by atoms with Gasteiger partial charge in [-0.1, -0.05) is 19.1 Å². The van der Waals surface area contributed by atoms with Crippen LogP contribution in [0, 0.1) is 12.8 Å². The molecule has 1 unspecified atom stereocenters. The molecule has 0 saturated carbocycles.